The van der Waals surface area contributed by atoms with E-state index in [1.165, 1.54) is 12.5 Å². The Morgan fingerprint density at radius 2 is 1.34 bits per heavy atom. The van der Waals surface area contributed by atoms with Crippen LogP contribution in [0.25, 0.3) is 0 Å². The molecule has 0 spiro atoms. The first-order valence-electron chi connectivity index (χ1n) is 10.5. The Kier molecular flexibility index (Phi) is 6.89. The van der Waals surface area contributed by atoms with Gasteiger partial charge in [0.2, 0.25) is 0 Å². The molecule has 3 aromatic rings. The van der Waals surface area contributed by atoms with Crippen molar-refractivity contribution in [2.24, 2.45) is 0 Å². The summed E-state index contributed by atoms with van der Waals surface area (Å²) in [5.74, 6) is -0.462. The van der Waals surface area contributed by atoms with Gasteiger partial charge in [-0.15, -0.1) is 0 Å². The number of nitrogens with one attached hydrogen (secondary N) is 2. The number of amides is 2. The molecule has 0 heterocycles. The highest BCUT2D eigenvalue weighted by atomic mass is 16.2. The maximum atomic E-state index is 12.5. The predicted molar refractivity (Wildman–Crippen MR) is 127 cm³/mol. The Morgan fingerprint density at radius 3 is 1.94 bits per heavy atom. The van der Waals surface area contributed by atoms with Crippen LogP contribution in [-0.4, -0.2) is 17.6 Å². The highest BCUT2D eigenvalue weighted by Gasteiger charge is 2.14. The van der Waals surface area contributed by atoms with Gasteiger partial charge in [-0.2, -0.15) is 0 Å². The van der Waals surface area contributed by atoms with Crippen LogP contribution in [0.5, 0.6) is 0 Å². The molecule has 0 saturated carbocycles. The van der Waals surface area contributed by atoms with Crippen molar-refractivity contribution in [3.63, 3.8) is 0 Å². The molecule has 0 aliphatic heterocycles. The average Bonchev–Trinajstić information content (AvgIpc) is 2.77. The number of anilines is 1. The van der Waals surface area contributed by atoms with Gasteiger partial charge in [0.1, 0.15) is 0 Å². The summed E-state index contributed by atoms with van der Waals surface area (Å²) in [5.41, 5.74) is 4.32. The minimum atomic E-state index is -0.264. The van der Waals surface area contributed by atoms with Crippen molar-refractivity contribution in [2.75, 3.05) is 5.32 Å². The van der Waals surface area contributed by atoms with Gasteiger partial charge in [-0.3, -0.25) is 14.4 Å². The van der Waals surface area contributed by atoms with Gasteiger partial charge in [-0.1, -0.05) is 57.2 Å². The highest BCUT2D eigenvalue weighted by Crippen LogP contribution is 2.22. The third-order valence-corrected chi connectivity index (χ3v) is 5.21. The third kappa shape index (κ3) is 5.91. The molecular weight excluding hydrogens is 400 g/mol. The van der Waals surface area contributed by atoms with E-state index < -0.39 is 0 Å². The minimum absolute atomic E-state index is 0.0409. The summed E-state index contributed by atoms with van der Waals surface area (Å²) in [5, 5.41) is 5.71. The standard InChI is InChI=1S/C27H28N2O3/c1-18(30)22-6-5-7-24(16-22)29-26(32)21-10-8-19(9-11-21)17-28-25(31)20-12-14-23(15-13-20)27(2,3)4/h5-16H,17H2,1-4H3,(H,28,31)(H,29,32). The first kappa shape index (κ1) is 22.9. The van der Waals surface area contributed by atoms with Crippen LogP contribution in [0.1, 0.15) is 69.9 Å². The summed E-state index contributed by atoms with van der Waals surface area (Å²) >= 11 is 0. The maximum Gasteiger partial charge on any atom is 0.255 e. The van der Waals surface area contributed by atoms with Crippen LogP contribution in [0.4, 0.5) is 5.69 Å². The van der Waals surface area contributed by atoms with E-state index in [1.54, 1.807) is 36.4 Å². The zero-order valence-corrected chi connectivity index (χ0v) is 18.9. The lowest BCUT2D eigenvalue weighted by atomic mass is 9.87. The molecule has 0 atom stereocenters. The van der Waals surface area contributed by atoms with Gasteiger partial charge >= 0.3 is 0 Å². The predicted octanol–water partition coefficient (Wildman–Crippen LogP) is 5.37. The number of carbonyl (C=O) groups is 3. The topological polar surface area (TPSA) is 75.3 Å². The number of rotatable bonds is 6. The van der Waals surface area contributed by atoms with E-state index in [1.807, 2.05) is 36.4 Å². The Labute approximate surface area is 188 Å². The summed E-state index contributed by atoms with van der Waals surface area (Å²) < 4.78 is 0. The molecule has 32 heavy (non-hydrogen) atoms. The number of hydrogen-bond donors (Lipinski definition) is 2. The van der Waals surface area contributed by atoms with Crippen LogP contribution in [0, 0.1) is 0 Å². The van der Waals surface area contributed by atoms with Gasteiger partial charge in [-0.25, -0.2) is 0 Å². The lowest BCUT2D eigenvalue weighted by Gasteiger charge is -2.19. The second-order valence-corrected chi connectivity index (χ2v) is 8.80. The van der Waals surface area contributed by atoms with E-state index in [4.69, 9.17) is 0 Å². The van der Waals surface area contributed by atoms with Crippen molar-refractivity contribution in [1.82, 2.24) is 5.32 Å². The SMILES string of the molecule is CC(=O)c1cccc(NC(=O)c2ccc(CNC(=O)c3ccc(C(C)(C)C)cc3)cc2)c1. The lowest BCUT2D eigenvalue weighted by Crippen LogP contribution is -2.23. The van der Waals surface area contributed by atoms with Crippen LogP contribution in [0.3, 0.4) is 0 Å². The molecule has 0 bridgehead atoms. The van der Waals surface area contributed by atoms with Gasteiger partial charge in [-0.05, 0) is 59.9 Å². The first-order chi connectivity index (χ1) is 15.1. The van der Waals surface area contributed by atoms with Crippen molar-refractivity contribution in [3.8, 4) is 0 Å². The van der Waals surface area contributed by atoms with Crippen molar-refractivity contribution in [3.05, 3.63) is 101 Å². The van der Waals surface area contributed by atoms with Crippen LogP contribution >= 0.6 is 0 Å². The fraction of sp³-hybridized carbons (Fsp3) is 0.222. The number of ketones is 1. The van der Waals surface area contributed by atoms with E-state index >= 15 is 0 Å². The Balaban J connectivity index is 1.57. The zero-order chi connectivity index (χ0) is 23.3. The summed E-state index contributed by atoms with van der Waals surface area (Å²) in [6, 6.07) is 21.5. The molecule has 5 nitrogen and oxygen atoms in total. The molecule has 164 valence electrons. The minimum Gasteiger partial charge on any atom is -0.348 e. The molecule has 3 aromatic carbocycles. The fourth-order valence-electron chi connectivity index (χ4n) is 3.20. The van der Waals surface area contributed by atoms with E-state index in [9.17, 15) is 14.4 Å². The fourth-order valence-corrected chi connectivity index (χ4v) is 3.20. The smallest absolute Gasteiger partial charge is 0.255 e. The molecule has 3 rings (SSSR count). The summed E-state index contributed by atoms with van der Waals surface area (Å²) in [4.78, 5) is 36.4. The Morgan fingerprint density at radius 1 is 0.750 bits per heavy atom. The van der Waals surface area contributed by atoms with E-state index in [0.29, 0.717) is 28.9 Å². The number of Topliss-reactive ketones (excluding diaryl/α,β-unsaturated/α-hetero) is 1. The van der Waals surface area contributed by atoms with Gasteiger partial charge in [0, 0.05) is 28.9 Å². The third-order valence-electron chi connectivity index (χ3n) is 5.21. The summed E-state index contributed by atoms with van der Waals surface area (Å²) in [6.07, 6.45) is 0. The van der Waals surface area contributed by atoms with Gasteiger partial charge in [0.25, 0.3) is 11.8 Å². The quantitative estimate of drug-likeness (QED) is 0.518. The first-order valence-corrected chi connectivity index (χ1v) is 10.5. The normalized spacial score (nSPS) is 11.0. The molecule has 2 amide bonds. The average molecular weight is 429 g/mol. The number of carbonyl (C=O) groups excluding carboxylic acids is 3. The molecule has 2 N–H and O–H groups in total. The Hall–Kier alpha value is -3.73. The van der Waals surface area contributed by atoms with Crippen LogP contribution in [-0.2, 0) is 12.0 Å². The lowest BCUT2D eigenvalue weighted by molar-refractivity contribution is 0.0949. The summed E-state index contributed by atoms with van der Waals surface area (Å²) in [7, 11) is 0. The number of hydrogen-bond acceptors (Lipinski definition) is 3. The second kappa shape index (κ2) is 9.60. The van der Waals surface area contributed by atoms with E-state index in [2.05, 4.69) is 31.4 Å². The van der Waals surface area contributed by atoms with Gasteiger partial charge in [0.15, 0.2) is 5.78 Å². The van der Waals surface area contributed by atoms with Gasteiger partial charge in [0.05, 0.1) is 0 Å². The summed E-state index contributed by atoms with van der Waals surface area (Å²) in [6.45, 7) is 8.25. The van der Waals surface area contributed by atoms with E-state index in [0.717, 1.165) is 5.56 Å². The molecule has 0 unspecified atom stereocenters. The van der Waals surface area contributed by atoms with E-state index in [-0.39, 0.29) is 23.0 Å². The van der Waals surface area contributed by atoms with Crippen LogP contribution in [0.2, 0.25) is 0 Å². The Bertz CT molecular complexity index is 1120. The molecule has 5 heteroatoms. The highest BCUT2D eigenvalue weighted by molar-refractivity contribution is 6.05. The molecular formula is C27H28N2O3. The zero-order valence-electron chi connectivity index (χ0n) is 18.9. The molecule has 0 saturated heterocycles. The second-order valence-electron chi connectivity index (χ2n) is 8.80. The number of benzene rings is 3. The molecule has 0 aromatic heterocycles. The monoisotopic (exact) mass is 428 g/mol. The molecule has 0 aliphatic carbocycles. The maximum absolute atomic E-state index is 12.5. The largest absolute Gasteiger partial charge is 0.348 e. The molecule has 0 aliphatic rings. The van der Waals surface area contributed by atoms with Crippen molar-refractivity contribution in [2.45, 2.75) is 39.7 Å². The van der Waals surface area contributed by atoms with Gasteiger partial charge < -0.3 is 10.6 Å². The van der Waals surface area contributed by atoms with Crippen LogP contribution < -0.4 is 10.6 Å². The van der Waals surface area contributed by atoms with Crippen molar-refractivity contribution >= 4 is 23.3 Å². The van der Waals surface area contributed by atoms with Crippen LogP contribution in [0.15, 0.2) is 72.8 Å². The van der Waals surface area contributed by atoms with Crippen molar-refractivity contribution < 1.29 is 14.4 Å². The molecule has 0 fully saturated rings. The van der Waals surface area contributed by atoms with Crippen molar-refractivity contribution in [1.29, 1.82) is 0 Å². The molecule has 0 radical (unpaired) electrons.